The minimum atomic E-state index is -0.950. The van der Waals surface area contributed by atoms with Crippen LogP contribution in [0.5, 0.6) is 0 Å². The van der Waals surface area contributed by atoms with E-state index in [2.05, 4.69) is 22.6 Å². The number of aliphatic hydroxyl groups is 1. The lowest BCUT2D eigenvalue weighted by molar-refractivity contribution is 0.0654. The maximum atomic E-state index is 12.6. The summed E-state index contributed by atoms with van der Waals surface area (Å²) in [5.74, 6) is 1.68. The van der Waals surface area contributed by atoms with Crippen molar-refractivity contribution in [3.63, 3.8) is 0 Å². The smallest absolute Gasteiger partial charge is 0.251 e. The fourth-order valence-electron chi connectivity index (χ4n) is 4.93. The van der Waals surface area contributed by atoms with Crippen molar-refractivity contribution in [2.24, 2.45) is 17.8 Å². The molecule has 5 atom stereocenters. The van der Waals surface area contributed by atoms with Crippen LogP contribution in [0.2, 0.25) is 5.02 Å². The zero-order valence-corrected chi connectivity index (χ0v) is 17.2. The quantitative estimate of drug-likeness (QED) is 0.774. The zero-order chi connectivity index (χ0) is 20.1. The van der Waals surface area contributed by atoms with Gasteiger partial charge in [0.1, 0.15) is 5.60 Å². The molecular formula is C21H27ClN4O2. The third-order valence-corrected chi connectivity index (χ3v) is 6.61. The molecule has 0 bridgehead atoms. The van der Waals surface area contributed by atoms with Gasteiger partial charge in [-0.2, -0.15) is 0 Å². The van der Waals surface area contributed by atoms with Crippen molar-refractivity contribution in [1.82, 2.24) is 20.3 Å². The van der Waals surface area contributed by atoms with E-state index < -0.39 is 5.60 Å². The number of nitrogens with one attached hydrogen (secondary N) is 1. The van der Waals surface area contributed by atoms with Gasteiger partial charge in [-0.1, -0.05) is 23.7 Å². The van der Waals surface area contributed by atoms with Crippen molar-refractivity contribution >= 4 is 17.5 Å². The van der Waals surface area contributed by atoms with E-state index >= 15 is 0 Å². The van der Waals surface area contributed by atoms with E-state index in [1.165, 1.54) is 0 Å². The fraction of sp³-hybridized carbons (Fsp3) is 0.571. The van der Waals surface area contributed by atoms with Gasteiger partial charge in [-0.15, -0.1) is 5.10 Å². The molecular weight excluding hydrogens is 376 g/mol. The van der Waals surface area contributed by atoms with E-state index in [9.17, 15) is 9.90 Å². The molecule has 28 heavy (non-hydrogen) atoms. The van der Waals surface area contributed by atoms with Gasteiger partial charge in [0.2, 0.25) is 0 Å². The van der Waals surface area contributed by atoms with E-state index in [1.54, 1.807) is 44.3 Å². The predicted molar refractivity (Wildman–Crippen MR) is 107 cm³/mol. The Balaban J connectivity index is 1.39. The summed E-state index contributed by atoms with van der Waals surface area (Å²) in [7, 11) is 0. The number of hydrogen-bond donors (Lipinski definition) is 2. The molecule has 0 spiro atoms. The van der Waals surface area contributed by atoms with Gasteiger partial charge in [-0.3, -0.25) is 4.79 Å². The van der Waals surface area contributed by atoms with Crippen LogP contribution in [0, 0.1) is 17.8 Å². The number of nitrogens with zero attached hydrogens (tertiary/aromatic N) is 3. The molecule has 4 rings (SSSR count). The second-order valence-electron chi connectivity index (χ2n) is 8.65. The lowest BCUT2D eigenvalue weighted by atomic mass is 9.98. The average molecular weight is 403 g/mol. The van der Waals surface area contributed by atoms with Crippen LogP contribution in [0.15, 0.2) is 30.5 Å². The number of fused-ring (bicyclic) bond motifs is 1. The summed E-state index contributed by atoms with van der Waals surface area (Å²) < 4.78 is 1.90. The van der Waals surface area contributed by atoms with Crippen LogP contribution >= 0.6 is 11.6 Å². The summed E-state index contributed by atoms with van der Waals surface area (Å²) >= 11 is 5.91. The van der Waals surface area contributed by atoms with Gasteiger partial charge in [0.05, 0.1) is 17.9 Å². The Morgan fingerprint density at radius 2 is 1.96 bits per heavy atom. The molecule has 0 saturated heterocycles. The molecule has 2 fully saturated rings. The van der Waals surface area contributed by atoms with Crippen LogP contribution in [-0.4, -0.2) is 32.0 Å². The van der Waals surface area contributed by atoms with Crippen molar-refractivity contribution < 1.29 is 9.90 Å². The van der Waals surface area contributed by atoms with E-state index in [1.807, 2.05) is 4.68 Å². The summed E-state index contributed by atoms with van der Waals surface area (Å²) in [6.45, 7) is 5.66. The summed E-state index contributed by atoms with van der Waals surface area (Å²) in [6, 6.07) is 7.47. The van der Waals surface area contributed by atoms with Gasteiger partial charge < -0.3 is 10.4 Å². The summed E-state index contributed by atoms with van der Waals surface area (Å²) in [4.78, 5) is 12.6. The van der Waals surface area contributed by atoms with Crippen molar-refractivity contribution in [1.29, 1.82) is 0 Å². The molecule has 2 aliphatic carbocycles. The number of benzene rings is 1. The second kappa shape index (κ2) is 7.16. The Morgan fingerprint density at radius 1 is 1.32 bits per heavy atom. The minimum Gasteiger partial charge on any atom is -0.384 e. The molecule has 2 aliphatic rings. The van der Waals surface area contributed by atoms with Crippen molar-refractivity contribution in [2.75, 3.05) is 0 Å². The van der Waals surface area contributed by atoms with Crippen LogP contribution in [0.4, 0.5) is 0 Å². The van der Waals surface area contributed by atoms with E-state index in [0.717, 1.165) is 25.0 Å². The van der Waals surface area contributed by atoms with Gasteiger partial charge >= 0.3 is 0 Å². The number of amides is 1. The predicted octanol–water partition coefficient (Wildman–Crippen LogP) is 3.56. The lowest BCUT2D eigenvalue weighted by Crippen LogP contribution is -2.37. The Kier molecular flexibility index (Phi) is 4.96. The molecule has 6 nitrogen and oxygen atoms in total. The largest absolute Gasteiger partial charge is 0.384 e. The number of hydrogen-bond acceptors (Lipinski definition) is 4. The minimum absolute atomic E-state index is 0.0365. The SMILES string of the molecule is CCC(NC(=O)c1ccc(Cl)cc1)[C@H]1[C@@H]2C[C@@H](n3nncc3C(C)(C)O)C[C@@H]21. The standard InChI is InChI=1S/C21H27ClN4O2/c1-4-17(24-20(27)12-5-7-13(22)8-6-12)19-15-9-14(10-16(15)19)26-18(11-23-25-26)21(2,3)28/h5-8,11,14-17,19,28H,4,9-10H2,1-3H3,(H,24,27)/t14-,15-,16+,17?,19+. The van der Waals surface area contributed by atoms with E-state index in [4.69, 9.17) is 11.6 Å². The highest BCUT2D eigenvalue weighted by Gasteiger charge is 2.59. The molecule has 1 aromatic carbocycles. The zero-order valence-electron chi connectivity index (χ0n) is 16.5. The first-order chi connectivity index (χ1) is 13.3. The van der Waals surface area contributed by atoms with Gasteiger partial charge in [0.15, 0.2) is 0 Å². The number of aromatic nitrogens is 3. The van der Waals surface area contributed by atoms with Gasteiger partial charge in [-0.05, 0) is 75.1 Å². The lowest BCUT2D eigenvalue weighted by Gasteiger charge is -2.25. The van der Waals surface area contributed by atoms with Gasteiger partial charge in [0, 0.05) is 16.6 Å². The van der Waals surface area contributed by atoms with Gasteiger partial charge in [0.25, 0.3) is 5.91 Å². The maximum absolute atomic E-state index is 12.6. The molecule has 150 valence electrons. The number of carbonyl (C=O) groups excluding carboxylic acids is 1. The van der Waals surface area contributed by atoms with E-state index in [0.29, 0.717) is 28.3 Å². The molecule has 2 N–H and O–H groups in total. The van der Waals surface area contributed by atoms with Crippen LogP contribution in [0.1, 0.15) is 62.1 Å². The summed E-state index contributed by atoms with van der Waals surface area (Å²) in [6.07, 6.45) is 4.62. The third-order valence-electron chi connectivity index (χ3n) is 6.36. The average Bonchev–Trinajstić information content (AvgIpc) is 3.05. The Hall–Kier alpha value is -1.92. The van der Waals surface area contributed by atoms with Crippen molar-refractivity contribution in [3.05, 3.63) is 46.7 Å². The summed E-state index contributed by atoms with van der Waals surface area (Å²) in [5.41, 5.74) is 0.455. The van der Waals surface area contributed by atoms with Crippen LogP contribution in [-0.2, 0) is 5.60 Å². The first-order valence-electron chi connectivity index (χ1n) is 9.99. The molecule has 1 heterocycles. The maximum Gasteiger partial charge on any atom is 0.251 e. The number of halogens is 1. The van der Waals surface area contributed by atoms with E-state index in [-0.39, 0.29) is 18.0 Å². The number of carbonyl (C=O) groups is 1. The van der Waals surface area contributed by atoms with Gasteiger partial charge in [-0.25, -0.2) is 4.68 Å². The van der Waals surface area contributed by atoms with Crippen LogP contribution in [0.25, 0.3) is 0 Å². The topological polar surface area (TPSA) is 80.0 Å². The molecule has 1 unspecified atom stereocenters. The molecule has 0 radical (unpaired) electrons. The monoisotopic (exact) mass is 402 g/mol. The number of rotatable bonds is 6. The molecule has 1 amide bonds. The van der Waals surface area contributed by atoms with Crippen molar-refractivity contribution in [2.45, 2.75) is 57.7 Å². The normalized spacial score (nSPS) is 27.3. The fourth-order valence-corrected chi connectivity index (χ4v) is 5.06. The van der Waals surface area contributed by atoms with Crippen LogP contribution in [0.3, 0.4) is 0 Å². The molecule has 7 heteroatoms. The first kappa shape index (κ1) is 19.4. The first-order valence-corrected chi connectivity index (χ1v) is 10.4. The highest BCUT2D eigenvalue weighted by Crippen LogP contribution is 2.62. The molecule has 2 aromatic rings. The second-order valence-corrected chi connectivity index (χ2v) is 9.08. The Morgan fingerprint density at radius 3 is 2.54 bits per heavy atom. The highest BCUT2D eigenvalue weighted by atomic mass is 35.5. The van der Waals surface area contributed by atoms with Crippen molar-refractivity contribution in [3.8, 4) is 0 Å². The van der Waals surface area contributed by atoms with Crippen LogP contribution < -0.4 is 5.32 Å². The third kappa shape index (κ3) is 3.55. The highest BCUT2D eigenvalue weighted by molar-refractivity contribution is 6.30. The molecule has 2 saturated carbocycles. The molecule has 1 aromatic heterocycles. The Bertz CT molecular complexity index is 846. The Labute approximate surface area is 170 Å². The molecule has 0 aliphatic heterocycles. The summed E-state index contributed by atoms with van der Waals surface area (Å²) in [5, 5.41) is 22.4.